The molecular formula is C12H18N2O3. The highest BCUT2D eigenvalue weighted by atomic mass is 16.3. The molecule has 1 rings (SSSR count). The van der Waals surface area contributed by atoms with Crippen molar-refractivity contribution in [2.24, 2.45) is 0 Å². The molecule has 0 heterocycles. The van der Waals surface area contributed by atoms with Crippen molar-refractivity contribution >= 4 is 5.91 Å². The van der Waals surface area contributed by atoms with Crippen LogP contribution in [-0.2, 0) is 4.79 Å². The van der Waals surface area contributed by atoms with Crippen LogP contribution < -0.4 is 10.6 Å². The van der Waals surface area contributed by atoms with E-state index in [4.69, 9.17) is 0 Å². The van der Waals surface area contributed by atoms with Gasteiger partial charge in [0.15, 0.2) is 0 Å². The molecule has 0 aromatic heterocycles. The van der Waals surface area contributed by atoms with E-state index in [-0.39, 0.29) is 23.4 Å². The van der Waals surface area contributed by atoms with E-state index in [1.54, 1.807) is 7.05 Å². The minimum absolute atomic E-state index is 0.0372. The molecule has 0 aliphatic rings. The predicted molar refractivity (Wildman–Crippen MR) is 64.9 cm³/mol. The van der Waals surface area contributed by atoms with Gasteiger partial charge in [0.2, 0.25) is 5.91 Å². The molecule has 1 aromatic carbocycles. The summed E-state index contributed by atoms with van der Waals surface area (Å²) in [6.07, 6.45) is 0.375. The average Bonchev–Trinajstić information content (AvgIpc) is 2.31. The fourth-order valence-corrected chi connectivity index (χ4v) is 1.53. The number of phenols is 2. The Kier molecular flexibility index (Phi) is 4.78. The number of nitrogens with one attached hydrogen (secondary N) is 2. The SMILES string of the molecule is CNC(=O)CCNC(C)c1cc(O)ccc1O. The lowest BCUT2D eigenvalue weighted by Gasteiger charge is -2.15. The Morgan fingerprint density at radius 3 is 2.76 bits per heavy atom. The maximum Gasteiger partial charge on any atom is 0.221 e. The lowest BCUT2D eigenvalue weighted by atomic mass is 10.1. The van der Waals surface area contributed by atoms with E-state index in [2.05, 4.69) is 10.6 Å². The van der Waals surface area contributed by atoms with Gasteiger partial charge < -0.3 is 20.8 Å². The second kappa shape index (κ2) is 6.10. The van der Waals surface area contributed by atoms with Crippen molar-refractivity contribution in [2.75, 3.05) is 13.6 Å². The topological polar surface area (TPSA) is 81.6 Å². The van der Waals surface area contributed by atoms with Crippen molar-refractivity contribution < 1.29 is 15.0 Å². The first-order valence-electron chi connectivity index (χ1n) is 5.50. The highest BCUT2D eigenvalue weighted by molar-refractivity contribution is 5.75. The van der Waals surface area contributed by atoms with Crippen LogP contribution in [0.2, 0.25) is 0 Å². The maximum atomic E-state index is 11.0. The van der Waals surface area contributed by atoms with Gasteiger partial charge in [-0.3, -0.25) is 4.79 Å². The van der Waals surface area contributed by atoms with E-state index < -0.39 is 0 Å². The highest BCUT2D eigenvalue weighted by Gasteiger charge is 2.11. The summed E-state index contributed by atoms with van der Waals surface area (Å²) < 4.78 is 0. The van der Waals surface area contributed by atoms with Crippen LogP contribution in [0.3, 0.4) is 0 Å². The molecule has 1 unspecified atom stereocenters. The first kappa shape index (κ1) is 13.3. The molecule has 0 fully saturated rings. The molecule has 0 spiro atoms. The standard InChI is InChI=1S/C12H18N2O3/c1-8(14-6-5-12(17)13-2)10-7-9(15)3-4-11(10)16/h3-4,7-8,14-16H,5-6H2,1-2H3,(H,13,17). The Hall–Kier alpha value is -1.75. The molecule has 94 valence electrons. The number of aromatic hydroxyl groups is 2. The normalized spacial score (nSPS) is 12.1. The summed E-state index contributed by atoms with van der Waals surface area (Å²) in [6.45, 7) is 2.37. The average molecular weight is 238 g/mol. The first-order valence-corrected chi connectivity index (χ1v) is 5.50. The van der Waals surface area contributed by atoms with Gasteiger partial charge in [0, 0.05) is 31.6 Å². The smallest absolute Gasteiger partial charge is 0.221 e. The van der Waals surface area contributed by atoms with Gasteiger partial charge in [-0.2, -0.15) is 0 Å². The molecule has 1 atom stereocenters. The predicted octanol–water partition coefficient (Wildman–Crippen LogP) is 0.884. The minimum Gasteiger partial charge on any atom is -0.508 e. The van der Waals surface area contributed by atoms with Crippen LogP contribution in [0.5, 0.6) is 11.5 Å². The van der Waals surface area contributed by atoms with Crippen molar-refractivity contribution in [3.05, 3.63) is 23.8 Å². The van der Waals surface area contributed by atoms with Gasteiger partial charge in [-0.15, -0.1) is 0 Å². The van der Waals surface area contributed by atoms with E-state index >= 15 is 0 Å². The molecule has 0 aliphatic carbocycles. The number of rotatable bonds is 5. The fraction of sp³-hybridized carbons (Fsp3) is 0.417. The summed E-state index contributed by atoms with van der Waals surface area (Å²) in [5.41, 5.74) is 0.613. The highest BCUT2D eigenvalue weighted by Crippen LogP contribution is 2.27. The summed E-state index contributed by atoms with van der Waals surface area (Å²) in [6, 6.07) is 4.25. The third kappa shape index (κ3) is 3.96. The van der Waals surface area contributed by atoms with E-state index in [0.29, 0.717) is 18.5 Å². The van der Waals surface area contributed by atoms with Gasteiger partial charge in [0.05, 0.1) is 0 Å². The third-order valence-electron chi connectivity index (χ3n) is 2.56. The molecule has 0 aliphatic heterocycles. The van der Waals surface area contributed by atoms with E-state index in [1.165, 1.54) is 18.2 Å². The largest absolute Gasteiger partial charge is 0.508 e. The summed E-state index contributed by atoms with van der Waals surface area (Å²) in [7, 11) is 1.59. The molecule has 17 heavy (non-hydrogen) atoms. The molecule has 0 saturated heterocycles. The van der Waals surface area contributed by atoms with E-state index in [1.807, 2.05) is 6.92 Å². The van der Waals surface area contributed by atoms with Crippen molar-refractivity contribution in [1.82, 2.24) is 10.6 Å². The lowest BCUT2D eigenvalue weighted by molar-refractivity contribution is -0.120. The minimum atomic E-state index is -0.133. The molecule has 1 amide bonds. The molecular weight excluding hydrogens is 220 g/mol. The van der Waals surface area contributed by atoms with Gasteiger partial charge in [-0.25, -0.2) is 0 Å². The molecule has 0 radical (unpaired) electrons. The molecule has 0 saturated carbocycles. The molecule has 5 heteroatoms. The van der Waals surface area contributed by atoms with Crippen LogP contribution >= 0.6 is 0 Å². The molecule has 4 N–H and O–H groups in total. The number of hydrogen-bond donors (Lipinski definition) is 4. The van der Waals surface area contributed by atoms with Crippen molar-refractivity contribution in [1.29, 1.82) is 0 Å². The zero-order valence-electron chi connectivity index (χ0n) is 10.0. The number of amides is 1. The summed E-state index contributed by atoms with van der Waals surface area (Å²) >= 11 is 0. The third-order valence-corrected chi connectivity index (χ3v) is 2.56. The van der Waals surface area contributed by atoms with Crippen LogP contribution in [-0.4, -0.2) is 29.7 Å². The number of hydrogen-bond acceptors (Lipinski definition) is 4. The molecule has 1 aromatic rings. The van der Waals surface area contributed by atoms with Crippen LogP contribution in [0.1, 0.15) is 24.9 Å². The van der Waals surface area contributed by atoms with Crippen molar-refractivity contribution in [3.8, 4) is 11.5 Å². The van der Waals surface area contributed by atoms with Crippen molar-refractivity contribution in [2.45, 2.75) is 19.4 Å². The zero-order chi connectivity index (χ0) is 12.8. The quantitative estimate of drug-likeness (QED) is 0.574. The summed E-state index contributed by atoms with van der Waals surface area (Å²) in [4.78, 5) is 11.0. The van der Waals surface area contributed by atoms with Crippen LogP contribution in [0.4, 0.5) is 0 Å². The number of benzene rings is 1. The Balaban J connectivity index is 2.54. The monoisotopic (exact) mass is 238 g/mol. The maximum absolute atomic E-state index is 11.0. The van der Waals surface area contributed by atoms with E-state index in [0.717, 1.165) is 0 Å². The Labute approximate surface area is 100 Å². The zero-order valence-corrected chi connectivity index (χ0v) is 10.0. The molecule has 5 nitrogen and oxygen atoms in total. The van der Waals surface area contributed by atoms with Crippen LogP contribution in [0.25, 0.3) is 0 Å². The Bertz CT molecular complexity index is 393. The Morgan fingerprint density at radius 2 is 2.12 bits per heavy atom. The number of carbonyl (C=O) groups is 1. The van der Waals surface area contributed by atoms with Gasteiger partial charge in [0.1, 0.15) is 11.5 Å². The van der Waals surface area contributed by atoms with Crippen molar-refractivity contribution in [3.63, 3.8) is 0 Å². The first-order chi connectivity index (χ1) is 8.04. The summed E-state index contributed by atoms with van der Waals surface area (Å²) in [5, 5.41) is 24.6. The second-order valence-corrected chi connectivity index (χ2v) is 3.84. The van der Waals surface area contributed by atoms with E-state index in [9.17, 15) is 15.0 Å². The number of carbonyl (C=O) groups excluding carboxylic acids is 1. The Morgan fingerprint density at radius 1 is 1.41 bits per heavy atom. The van der Waals surface area contributed by atoms with Gasteiger partial charge >= 0.3 is 0 Å². The van der Waals surface area contributed by atoms with Gasteiger partial charge in [-0.05, 0) is 25.1 Å². The fourth-order valence-electron chi connectivity index (χ4n) is 1.53. The van der Waals surface area contributed by atoms with Crippen LogP contribution in [0.15, 0.2) is 18.2 Å². The second-order valence-electron chi connectivity index (χ2n) is 3.84. The van der Waals surface area contributed by atoms with Crippen LogP contribution in [0, 0.1) is 0 Å². The number of phenolic OH excluding ortho intramolecular Hbond substituents is 2. The van der Waals surface area contributed by atoms with Gasteiger partial charge in [-0.1, -0.05) is 0 Å². The summed E-state index contributed by atoms with van der Waals surface area (Å²) in [5.74, 6) is 0.199. The molecule has 0 bridgehead atoms. The lowest BCUT2D eigenvalue weighted by Crippen LogP contribution is -2.26. The van der Waals surface area contributed by atoms with Gasteiger partial charge in [0.25, 0.3) is 0 Å².